The second-order valence-corrected chi connectivity index (χ2v) is 6.82. The van der Waals surface area contributed by atoms with Crippen molar-refractivity contribution in [2.24, 2.45) is 17.8 Å². The average molecular weight is 240 g/mol. The van der Waals surface area contributed by atoms with Gasteiger partial charge >= 0.3 is 0 Å². The van der Waals surface area contributed by atoms with Crippen molar-refractivity contribution in [1.29, 1.82) is 0 Å². The van der Waals surface area contributed by atoms with E-state index in [2.05, 4.69) is 34.6 Å². The maximum absolute atomic E-state index is 2.43. The third-order valence-electron chi connectivity index (χ3n) is 3.72. The van der Waals surface area contributed by atoms with Crippen LogP contribution in [0.3, 0.4) is 0 Å². The molecule has 0 heteroatoms. The van der Waals surface area contributed by atoms with Crippen LogP contribution in [0.1, 0.15) is 92.4 Å². The van der Waals surface area contributed by atoms with E-state index in [1.807, 2.05) is 0 Å². The molecule has 0 heterocycles. The summed E-state index contributed by atoms with van der Waals surface area (Å²) in [6, 6.07) is 0. The van der Waals surface area contributed by atoms with Gasteiger partial charge in [0.2, 0.25) is 0 Å². The van der Waals surface area contributed by atoms with Gasteiger partial charge in [-0.15, -0.1) is 0 Å². The third kappa shape index (κ3) is 13.9. The molecule has 0 aromatic rings. The lowest BCUT2D eigenvalue weighted by Gasteiger charge is -2.12. The van der Waals surface area contributed by atoms with E-state index in [1.165, 1.54) is 57.8 Å². The van der Waals surface area contributed by atoms with Crippen LogP contribution in [0, 0.1) is 17.8 Å². The normalized spacial score (nSPS) is 13.6. The monoisotopic (exact) mass is 240 g/mol. The van der Waals surface area contributed by atoms with E-state index in [-0.39, 0.29) is 0 Å². The molecule has 0 aromatic carbocycles. The quantitative estimate of drug-likeness (QED) is 0.364. The van der Waals surface area contributed by atoms with Gasteiger partial charge in [0.1, 0.15) is 0 Å². The summed E-state index contributed by atoms with van der Waals surface area (Å²) in [7, 11) is 0. The van der Waals surface area contributed by atoms with Crippen molar-refractivity contribution in [3.63, 3.8) is 0 Å². The van der Waals surface area contributed by atoms with Crippen LogP contribution in [0.25, 0.3) is 0 Å². The minimum Gasteiger partial charge on any atom is -0.0628 e. The van der Waals surface area contributed by atoms with Gasteiger partial charge in [0.15, 0.2) is 0 Å². The van der Waals surface area contributed by atoms with Gasteiger partial charge in [-0.3, -0.25) is 0 Å². The summed E-state index contributed by atoms with van der Waals surface area (Å²) < 4.78 is 0. The molecule has 0 spiro atoms. The molecule has 0 aromatic heterocycles. The first-order valence-corrected chi connectivity index (χ1v) is 8.02. The van der Waals surface area contributed by atoms with Gasteiger partial charge in [0, 0.05) is 0 Å². The molecule has 0 aliphatic heterocycles. The number of unbranched alkanes of at least 4 members (excludes halogenated alkanes) is 4. The van der Waals surface area contributed by atoms with Crippen LogP contribution in [0.2, 0.25) is 0 Å². The zero-order valence-corrected chi connectivity index (χ0v) is 13.1. The molecule has 0 bridgehead atoms. The molecule has 0 rings (SSSR count). The highest BCUT2D eigenvalue weighted by Gasteiger charge is 2.03. The van der Waals surface area contributed by atoms with Crippen LogP contribution in [0.5, 0.6) is 0 Å². The summed E-state index contributed by atoms with van der Waals surface area (Å²) in [5.74, 6) is 2.73. The first kappa shape index (κ1) is 17.0. The van der Waals surface area contributed by atoms with Gasteiger partial charge in [-0.25, -0.2) is 0 Å². The summed E-state index contributed by atoms with van der Waals surface area (Å²) in [5.41, 5.74) is 0. The zero-order valence-electron chi connectivity index (χ0n) is 13.1. The van der Waals surface area contributed by atoms with Crippen LogP contribution in [0.4, 0.5) is 0 Å². The van der Waals surface area contributed by atoms with E-state index in [0.29, 0.717) is 0 Å². The molecule has 0 fully saturated rings. The van der Waals surface area contributed by atoms with Crippen LogP contribution in [-0.2, 0) is 0 Å². The Balaban J connectivity index is 3.16. The van der Waals surface area contributed by atoms with Gasteiger partial charge in [-0.05, 0) is 17.8 Å². The van der Waals surface area contributed by atoms with E-state index >= 15 is 0 Å². The summed E-state index contributed by atoms with van der Waals surface area (Å²) >= 11 is 0. The lowest BCUT2D eigenvalue weighted by molar-refractivity contribution is 0.408. The molecular formula is C17H36. The predicted molar refractivity (Wildman–Crippen MR) is 80.4 cm³/mol. The van der Waals surface area contributed by atoms with E-state index in [9.17, 15) is 0 Å². The molecule has 0 N–H and O–H groups in total. The molecule has 1 atom stereocenters. The SMILES string of the molecule is CC(C)CCCCCCCC(C)CCC(C)C. The molecule has 1 unspecified atom stereocenters. The second-order valence-electron chi connectivity index (χ2n) is 6.82. The van der Waals surface area contributed by atoms with Gasteiger partial charge in [0.25, 0.3) is 0 Å². The van der Waals surface area contributed by atoms with Crippen LogP contribution >= 0.6 is 0 Å². The molecule has 0 aliphatic rings. The van der Waals surface area contributed by atoms with Gasteiger partial charge < -0.3 is 0 Å². The minimum absolute atomic E-state index is 0.883. The highest BCUT2D eigenvalue weighted by Crippen LogP contribution is 2.18. The Morgan fingerprint density at radius 2 is 0.941 bits per heavy atom. The molecule has 104 valence electrons. The van der Waals surface area contributed by atoms with Crippen LogP contribution in [0.15, 0.2) is 0 Å². The molecule has 17 heavy (non-hydrogen) atoms. The Morgan fingerprint density at radius 1 is 0.471 bits per heavy atom. The third-order valence-corrected chi connectivity index (χ3v) is 3.72. The van der Waals surface area contributed by atoms with E-state index in [1.54, 1.807) is 0 Å². The Bertz CT molecular complexity index is 146. The first-order valence-electron chi connectivity index (χ1n) is 8.02. The summed E-state index contributed by atoms with van der Waals surface area (Å²) in [5, 5.41) is 0. The second kappa shape index (κ2) is 11.1. The zero-order chi connectivity index (χ0) is 13.1. The molecule has 0 amide bonds. The molecular weight excluding hydrogens is 204 g/mol. The minimum atomic E-state index is 0.883. The summed E-state index contributed by atoms with van der Waals surface area (Å²) in [6.45, 7) is 11.8. The molecule has 0 saturated carbocycles. The van der Waals surface area contributed by atoms with Crippen molar-refractivity contribution < 1.29 is 0 Å². The first-order chi connectivity index (χ1) is 8.02. The molecule has 0 nitrogen and oxygen atoms in total. The number of hydrogen-bond acceptors (Lipinski definition) is 0. The Hall–Kier alpha value is 0. The van der Waals surface area contributed by atoms with Gasteiger partial charge in [-0.1, -0.05) is 92.4 Å². The maximum Gasteiger partial charge on any atom is -0.0443 e. The van der Waals surface area contributed by atoms with Crippen LogP contribution in [-0.4, -0.2) is 0 Å². The van der Waals surface area contributed by atoms with Crippen molar-refractivity contribution >= 4 is 0 Å². The Morgan fingerprint density at radius 3 is 1.47 bits per heavy atom. The highest BCUT2D eigenvalue weighted by molar-refractivity contribution is 4.56. The topological polar surface area (TPSA) is 0 Å². The fraction of sp³-hybridized carbons (Fsp3) is 1.00. The molecule has 0 radical (unpaired) electrons. The standard InChI is InChI=1S/C17H36/c1-15(2)11-9-7-6-8-10-12-17(5)14-13-16(3)4/h15-17H,6-14H2,1-5H3. The van der Waals surface area contributed by atoms with E-state index in [4.69, 9.17) is 0 Å². The summed E-state index contributed by atoms with van der Waals surface area (Å²) in [6.07, 6.45) is 13.0. The molecule has 0 aliphatic carbocycles. The van der Waals surface area contributed by atoms with Crippen LogP contribution < -0.4 is 0 Å². The highest BCUT2D eigenvalue weighted by atomic mass is 14.1. The summed E-state index contributed by atoms with van der Waals surface area (Å²) in [4.78, 5) is 0. The molecule has 0 saturated heterocycles. The van der Waals surface area contributed by atoms with Crippen molar-refractivity contribution in [2.45, 2.75) is 92.4 Å². The lowest BCUT2D eigenvalue weighted by Crippen LogP contribution is -1.98. The number of hydrogen-bond donors (Lipinski definition) is 0. The van der Waals surface area contributed by atoms with Gasteiger partial charge in [-0.2, -0.15) is 0 Å². The van der Waals surface area contributed by atoms with Crippen molar-refractivity contribution in [1.82, 2.24) is 0 Å². The Labute approximate surface area is 111 Å². The van der Waals surface area contributed by atoms with E-state index < -0.39 is 0 Å². The lowest BCUT2D eigenvalue weighted by atomic mass is 9.94. The van der Waals surface area contributed by atoms with E-state index in [0.717, 1.165) is 17.8 Å². The van der Waals surface area contributed by atoms with Crippen molar-refractivity contribution in [3.05, 3.63) is 0 Å². The van der Waals surface area contributed by atoms with Crippen molar-refractivity contribution in [3.8, 4) is 0 Å². The van der Waals surface area contributed by atoms with Gasteiger partial charge in [0.05, 0.1) is 0 Å². The predicted octanol–water partition coefficient (Wildman–Crippen LogP) is 6.45. The number of rotatable bonds is 11. The fourth-order valence-corrected chi connectivity index (χ4v) is 2.34. The fourth-order valence-electron chi connectivity index (χ4n) is 2.34. The smallest absolute Gasteiger partial charge is 0.0443 e. The van der Waals surface area contributed by atoms with Crippen molar-refractivity contribution in [2.75, 3.05) is 0 Å². The largest absolute Gasteiger partial charge is 0.0628 e. The Kier molecular flexibility index (Phi) is 11.1. The average Bonchev–Trinajstić information content (AvgIpc) is 2.24. The maximum atomic E-state index is 2.43.